The zero-order valence-corrected chi connectivity index (χ0v) is 17.1. The fourth-order valence-electron chi connectivity index (χ4n) is 2.62. The van der Waals surface area contributed by atoms with Crippen molar-refractivity contribution in [2.75, 3.05) is 65.4 Å². The summed E-state index contributed by atoms with van der Waals surface area (Å²) in [5.74, 6) is 1.83. The predicted octanol–water partition coefficient (Wildman–Crippen LogP) is 1.56. The molecular weight excluding hydrogens is 328 g/mol. The zero-order valence-electron chi connectivity index (χ0n) is 17.1. The molecule has 1 aromatic rings. The van der Waals surface area contributed by atoms with Gasteiger partial charge in [0, 0.05) is 66.2 Å². The number of likely N-dealkylation sites (N-methyl/N-ethyl adjacent to an activating group) is 1. The molecule has 148 valence electrons. The van der Waals surface area contributed by atoms with Crippen molar-refractivity contribution in [2.45, 2.75) is 26.8 Å². The third-order valence-electron chi connectivity index (χ3n) is 4.25. The Balaban J connectivity index is 2.33. The van der Waals surface area contributed by atoms with Crippen molar-refractivity contribution in [1.82, 2.24) is 20.5 Å². The Kier molecular flexibility index (Phi) is 11.4. The minimum atomic E-state index is 0.703. The first-order valence-electron chi connectivity index (χ1n) is 9.46. The van der Waals surface area contributed by atoms with E-state index in [1.807, 2.05) is 6.20 Å². The fourth-order valence-corrected chi connectivity index (χ4v) is 2.62. The molecule has 0 bridgehead atoms. The summed E-state index contributed by atoms with van der Waals surface area (Å²) in [6.45, 7) is 10.6. The van der Waals surface area contributed by atoms with E-state index in [1.54, 1.807) is 14.2 Å². The average molecular weight is 365 g/mol. The normalized spacial score (nSPS) is 11.7. The highest BCUT2D eigenvalue weighted by atomic mass is 16.5. The number of rotatable bonds is 12. The fraction of sp³-hybridized carbons (Fsp3) is 0.684. The number of aliphatic imine (C=N–C) groups is 1. The van der Waals surface area contributed by atoms with E-state index in [1.165, 1.54) is 0 Å². The number of methoxy groups -OCH3 is 1. The van der Waals surface area contributed by atoms with Crippen LogP contribution in [0.4, 0.5) is 5.82 Å². The Morgan fingerprint density at radius 1 is 1.19 bits per heavy atom. The van der Waals surface area contributed by atoms with Crippen LogP contribution in [0.25, 0.3) is 0 Å². The lowest BCUT2D eigenvalue weighted by Gasteiger charge is -2.20. The molecule has 0 atom stereocenters. The summed E-state index contributed by atoms with van der Waals surface area (Å²) in [5.41, 5.74) is 1.14. The van der Waals surface area contributed by atoms with Gasteiger partial charge in [-0.25, -0.2) is 4.98 Å². The molecule has 0 unspecified atom stereocenters. The van der Waals surface area contributed by atoms with Gasteiger partial charge in [-0.1, -0.05) is 6.07 Å². The highest BCUT2D eigenvalue weighted by molar-refractivity contribution is 5.79. The van der Waals surface area contributed by atoms with Gasteiger partial charge in [-0.3, -0.25) is 4.99 Å². The molecule has 1 heterocycles. The molecule has 0 fully saturated rings. The van der Waals surface area contributed by atoms with Gasteiger partial charge in [-0.05, 0) is 38.9 Å². The Bertz CT molecular complexity index is 501. The molecular formula is C19H36N6O. The molecule has 7 nitrogen and oxygen atoms in total. The van der Waals surface area contributed by atoms with E-state index >= 15 is 0 Å². The SMILES string of the molecule is CCN(CC)c1ccc(CNC(=NC)NCCN(C)CCCOC)cn1. The van der Waals surface area contributed by atoms with E-state index in [9.17, 15) is 0 Å². The van der Waals surface area contributed by atoms with Crippen LogP contribution in [0.3, 0.4) is 0 Å². The van der Waals surface area contributed by atoms with Crippen LogP contribution in [0.1, 0.15) is 25.8 Å². The minimum absolute atomic E-state index is 0.703. The van der Waals surface area contributed by atoms with Crippen molar-refractivity contribution in [3.8, 4) is 0 Å². The van der Waals surface area contributed by atoms with Crippen molar-refractivity contribution < 1.29 is 4.74 Å². The lowest BCUT2D eigenvalue weighted by atomic mass is 10.2. The molecule has 0 aliphatic carbocycles. The van der Waals surface area contributed by atoms with Crippen LogP contribution in [-0.2, 0) is 11.3 Å². The maximum atomic E-state index is 5.08. The third-order valence-corrected chi connectivity index (χ3v) is 4.25. The molecule has 0 saturated carbocycles. The van der Waals surface area contributed by atoms with Crippen molar-refractivity contribution >= 4 is 11.8 Å². The molecule has 0 saturated heterocycles. The second-order valence-corrected chi connectivity index (χ2v) is 6.20. The van der Waals surface area contributed by atoms with Gasteiger partial charge in [-0.15, -0.1) is 0 Å². The topological polar surface area (TPSA) is 65.0 Å². The molecule has 0 aliphatic rings. The summed E-state index contributed by atoms with van der Waals surface area (Å²) in [5, 5.41) is 6.68. The van der Waals surface area contributed by atoms with Gasteiger partial charge < -0.3 is 25.2 Å². The lowest BCUT2D eigenvalue weighted by Crippen LogP contribution is -2.40. The van der Waals surface area contributed by atoms with Gasteiger partial charge in [-0.2, -0.15) is 0 Å². The summed E-state index contributed by atoms with van der Waals surface area (Å²) in [6.07, 6.45) is 2.98. The Hall–Kier alpha value is -1.86. The highest BCUT2D eigenvalue weighted by Gasteiger charge is 2.04. The predicted molar refractivity (Wildman–Crippen MR) is 110 cm³/mol. The lowest BCUT2D eigenvalue weighted by molar-refractivity contribution is 0.180. The number of anilines is 1. The number of aromatic nitrogens is 1. The van der Waals surface area contributed by atoms with E-state index in [4.69, 9.17) is 4.74 Å². The Morgan fingerprint density at radius 2 is 1.96 bits per heavy atom. The number of nitrogens with one attached hydrogen (secondary N) is 2. The molecule has 0 radical (unpaired) electrons. The number of guanidine groups is 1. The van der Waals surface area contributed by atoms with Gasteiger partial charge in [0.1, 0.15) is 5.82 Å². The first-order valence-corrected chi connectivity index (χ1v) is 9.46. The standard InChI is InChI=1S/C19H36N6O/c1-6-25(7-2)18-10-9-17(15-22-18)16-23-19(20-3)21-11-13-24(4)12-8-14-26-5/h9-10,15H,6-8,11-14,16H2,1-5H3,(H2,20,21,23). The van der Waals surface area contributed by atoms with Crippen LogP contribution in [0, 0.1) is 0 Å². The molecule has 0 aliphatic heterocycles. The van der Waals surface area contributed by atoms with E-state index in [0.29, 0.717) is 6.54 Å². The summed E-state index contributed by atoms with van der Waals surface area (Å²) in [7, 11) is 5.65. The summed E-state index contributed by atoms with van der Waals surface area (Å²) >= 11 is 0. The van der Waals surface area contributed by atoms with Crippen LogP contribution in [0.5, 0.6) is 0 Å². The van der Waals surface area contributed by atoms with Crippen molar-refractivity contribution in [1.29, 1.82) is 0 Å². The smallest absolute Gasteiger partial charge is 0.191 e. The molecule has 0 aromatic carbocycles. The van der Waals surface area contributed by atoms with Gasteiger partial charge in [0.15, 0.2) is 5.96 Å². The molecule has 1 aromatic heterocycles. The van der Waals surface area contributed by atoms with Gasteiger partial charge >= 0.3 is 0 Å². The quantitative estimate of drug-likeness (QED) is 0.333. The van der Waals surface area contributed by atoms with Gasteiger partial charge in [0.05, 0.1) is 0 Å². The second kappa shape index (κ2) is 13.4. The van der Waals surface area contributed by atoms with Crippen molar-refractivity contribution in [2.24, 2.45) is 4.99 Å². The second-order valence-electron chi connectivity index (χ2n) is 6.20. The Labute approximate surface area is 158 Å². The van der Waals surface area contributed by atoms with E-state index in [0.717, 1.165) is 63.1 Å². The van der Waals surface area contributed by atoms with Gasteiger partial charge in [0.2, 0.25) is 0 Å². The zero-order chi connectivity index (χ0) is 19.2. The molecule has 26 heavy (non-hydrogen) atoms. The molecule has 0 amide bonds. The summed E-state index contributed by atoms with van der Waals surface area (Å²) < 4.78 is 5.08. The van der Waals surface area contributed by atoms with Crippen LogP contribution >= 0.6 is 0 Å². The maximum Gasteiger partial charge on any atom is 0.191 e. The highest BCUT2D eigenvalue weighted by Crippen LogP contribution is 2.10. The largest absolute Gasteiger partial charge is 0.385 e. The molecule has 7 heteroatoms. The first-order chi connectivity index (χ1) is 12.6. The third kappa shape index (κ3) is 8.49. The number of hydrogen-bond donors (Lipinski definition) is 2. The van der Waals surface area contributed by atoms with E-state index in [2.05, 4.69) is 63.4 Å². The first kappa shape index (κ1) is 22.2. The maximum absolute atomic E-state index is 5.08. The number of pyridine rings is 1. The van der Waals surface area contributed by atoms with E-state index in [-0.39, 0.29) is 0 Å². The van der Waals surface area contributed by atoms with Crippen LogP contribution in [-0.4, -0.2) is 76.4 Å². The van der Waals surface area contributed by atoms with Crippen molar-refractivity contribution in [3.63, 3.8) is 0 Å². The number of ether oxygens (including phenoxy) is 1. The Morgan fingerprint density at radius 3 is 2.54 bits per heavy atom. The molecule has 2 N–H and O–H groups in total. The molecule has 1 rings (SSSR count). The number of hydrogen-bond acceptors (Lipinski definition) is 5. The van der Waals surface area contributed by atoms with Gasteiger partial charge in [0.25, 0.3) is 0 Å². The summed E-state index contributed by atoms with van der Waals surface area (Å²) in [6, 6.07) is 4.19. The minimum Gasteiger partial charge on any atom is -0.385 e. The monoisotopic (exact) mass is 364 g/mol. The van der Waals surface area contributed by atoms with Crippen molar-refractivity contribution in [3.05, 3.63) is 23.9 Å². The number of nitrogens with zero attached hydrogens (tertiary/aromatic N) is 4. The average Bonchev–Trinajstić information content (AvgIpc) is 2.66. The van der Waals surface area contributed by atoms with E-state index < -0.39 is 0 Å². The van der Waals surface area contributed by atoms with Crippen LogP contribution < -0.4 is 15.5 Å². The van der Waals surface area contributed by atoms with Crippen LogP contribution in [0.2, 0.25) is 0 Å². The van der Waals surface area contributed by atoms with Crippen LogP contribution in [0.15, 0.2) is 23.3 Å². The summed E-state index contributed by atoms with van der Waals surface area (Å²) in [4.78, 5) is 13.4. The molecule has 0 spiro atoms.